The first-order chi connectivity index (χ1) is 8.33. The fraction of sp³-hybridized carbons (Fsp3) is 0.312. The average Bonchev–Trinajstić information content (AvgIpc) is 2.81. The molecule has 1 aromatic heterocycles. The molecule has 1 fully saturated rings. The SMILES string of the molecule is CC1C2C=C(c3ccc4ccncc4c3)CC12. The summed E-state index contributed by atoms with van der Waals surface area (Å²) in [5.74, 6) is 2.74. The molecule has 1 nitrogen and oxygen atoms in total. The maximum atomic E-state index is 4.20. The number of fused-ring (bicyclic) bond motifs is 2. The minimum atomic E-state index is 0.870. The first-order valence-electron chi connectivity index (χ1n) is 6.38. The molecule has 2 aliphatic rings. The fourth-order valence-electron chi connectivity index (χ4n) is 3.23. The van der Waals surface area contributed by atoms with Crippen molar-refractivity contribution in [2.45, 2.75) is 13.3 Å². The highest BCUT2D eigenvalue weighted by molar-refractivity contribution is 5.86. The van der Waals surface area contributed by atoms with Crippen LogP contribution in [-0.4, -0.2) is 4.98 Å². The van der Waals surface area contributed by atoms with E-state index in [1.165, 1.54) is 22.8 Å². The zero-order valence-electron chi connectivity index (χ0n) is 9.93. The topological polar surface area (TPSA) is 12.9 Å². The molecular formula is C16H15N. The second-order valence-electron chi connectivity index (χ2n) is 5.43. The number of aromatic nitrogens is 1. The monoisotopic (exact) mass is 221 g/mol. The normalized spacial score (nSPS) is 30.2. The van der Waals surface area contributed by atoms with E-state index in [9.17, 15) is 0 Å². The van der Waals surface area contributed by atoms with Crippen molar-refractivity contribution in [3.05, 3.63) is 48.3 Å². The summed E-state index contributed by atoms with van der Waals surface area (Å²) in [6, 6.07) is 8.81. The summed E-state index contributed by atoms with van der Waals surface area (Å²) in [4.78, 5) is 4.20. The molecule has 4 rings (SSSR count). The zero-order chi connectivity index (χ0) is 11.4. The van der Waals surface area contributed by atoms with Crippen LogP contribution in [0.25, 0.3) is 16.3 Å². The van der Waals surface area contributed by atoms with Crippen molar-refractivity contribution in [3.63, 3.8) is 0 Å². The largest absolute Gasteiger partial charge is 0.264 e. The molecule has 3 unspecified atom stereocenters. The van der Waals surface area contributed by atoms with Crippen LogP contribution in [0.5, 0.6) is 0 Å². The Hall–Kier alpha value is -1.63. The van der Waals surface area contributed by atoms with Crippen molar-refractivity contribution >= 4 is 16.3 Å². The van der Waals surface area contributed by atoms with Crippen LogP contribution < -0.4 is 0 Å². The van der Waals surface area contributed by atoms with Crippen molar-refractivity contribution in [1.82, 2.24) is 4.98 Å². The van der Waals surface area contributed by atoms with E-state index in [1.54, 1.807) is 5.57 Å². The first-order valence-corrected chi connectivity index (χ1v) is 6.38. The molecule has 3 atom stereocenters. The van der Waals surface area contributed by atoms with Crippen molar-refractivity contribution in [3.8, 4) is 0 Å². The number of hydrogen-bond acceptors (Lipinski definition) is 1. The Balaban J connectivity index is 1.77. The van der Waals surface area contributed by atoms with Crippen LogP contribution in [0.1, 0.15) is 18.9 Å². The van der Waals surface area contributed by atoms with E-state index in [2.05, 4.69) is 42.2 Å². The summed E-state index contributed by atoms with van der Waals surface area (Å²) in [7, 11) is 0. The van der Waals surface area contributed by atoms with Crippen LogP contribution in [0, 0.1) is 17.8 Å². The van der Waals surface area contributed by atoms with Gasteiger partial charge in [0.25, 0.3) is 0 Å². The number of nitrogens with zero attached hydrogens (tertiary/aromatic N) is 1. The van der Waals surface area contributed by atoms with Gasteiger partial charge in [-0.3, -0.25) is 4.98 Å². The summed E-state index contributed by atoms with van der Waals surface area (Å²) < 4.78 is 0. The lowest BCUT2D eigenvalue weighted by atomic mass is 9.99. The van der Waals surface area contributed by atoms with Crippen LogP contribution in [0.15, 0.2) is 42.7 Å². The number of allylic oxidation sites excluding steroid dienone is 2. The van der Waals surface area contributed by atoms with Crippen LogP contribution in [0.2, 0.25) is 0 Å². The van der Waals surface area contributed by atoms with Crippen LogP contribution >= 0.6 is 0 Å². The fourth-order valence-corrected chi connectivity index (χ4v) is 3.23. The summed E-state index contributed by atoms with van der Waals surface area (Å²) >= 11 is 0. The molecule has 2 aromatic rings. The lowest BCUT2D eigenvalue weighted by Crippen LogP contribution is -1.87. The Morgan fingerprint density at radius 1 is 1.18 bits per heavy atom. The predicted octanol–water partition coefficient (Wildman–Crippen LogP) is 3.90. The van der Waals surface area contributed by atoms with Gasteiger partial charge in [-0.25, -0.2) is 0 Å². The molecular weight excluding hydrogens is 206 g/mol. The molecule has 1 heteroatoms. The maximum Gasteiger partial charge on any atom is 0.0346 e. The van der Waals surface area contributed by atoms with Crippen molar-refractivity contribution in [2.75, 3.05) is 0 Å². The van der Waals surface area contributed by atoms with Crippen LogP contribution in [-0.2, 0) is 0 Å². The molecule has 1 heterocycles. The van der Waals surface area contributed by atoms with Gasteiger partial charge in [-0.15, -0.1) is 0 Å². The highest BCUT2D eigenvalue weighted by atomic mass is 14.6. The average molecular weight is 221 g/mol. The Bertz CT molecular complexity index is 626. The van der Waals surface area contributed by atoms with Gasteiger partial charge in [0.1, 0.15) is 0 Å². The molecule has 0 spiro atoms. The van der Waals surface area contributed by atoms with E-state index < -0.39 is 0 Å². The highest BCUT2D eigenvalue weighted by Gasteiger charge is 2.48. The Labute approximate surface area is 101 Å². The second-order valence-corrected chi connectivity index (χ2v) is 5.43. The van der Waals surface area contributed by atoms with E-state index in [0.717, 1.165) is 17.8 Å². The summed E-state index contributed by atoms with van der Waals surface area (Å²) in [5.41, 5.74) is 2.94. The predicted molar refractivity (Wildman–Crippen MR) is 70.5 cm³/mol. The second kappa shape index (κ2) is 3.19. The summed E-state index contributed by atoms with van der Waals surface area (Å²) in [6.45, 7) is 2.37. The number of benzene rings is 1. The molecule has 1 saturated carbocycles. The van der Waals surface area contributed by atoms with E-state index in [1.807, 2.05) is 12.4 Å². The number of hydrogen-bond donors (Lipinski definition) is 0. The minimum absolute atomic E-state index is 0.870. The zero-order valence-corrected chi connectivity index (χ0v) is 9.93. The molecule has 0 amide bonds. The Morgan fingerprint density at radius 3 is 2.94 bits per heavy atom. The molecule has 2 aliphatic carbocycles. The summed E-state index contributed by atoms with van der Waals surface area (Å²) in [5, 5.41) is 2.53. The van der Waals surface area contributed by atoms with Crippen molar-refractivity contribution in [2.24, 2.45) is 17.8 Å². The van der Waals surface area contributed by atoms with E-state index in [-0.39, 0.29) is 0 Å². The van der Waals surface area contributed by atoms with Gasteiger partial charge in [-0.05, 0) is 52.8 Å². The Morgan fingerprint density at radius 2 is 2.12 bits per heavy atom. The molecule has 0 bridgehead atoms. The number of rotatable bonds is 1. The maximum absolute atomic E-state index is 4.20. The third kappa shape index (κ3) is 1.35. The summed E-state index contributed by atoms with van der Waals surface area (Å²) in [6.07, 6.45) is 7.58. The van der Waals surface area contributed by atoms with Gasteiger partial charge in [-0.1, -0.05) is 25.1 Å². The van der Waals surface area contributed by atoms with Gasteiger partial charge in [0.2, 0.25) is 0 Å². The molecule has 1 aromatic carbocycles. The quantitative estimate of drug-likeness (QED) is 0.711. The lowest BCUT2D eigenvalue weighted by molar-refractivity contribution is 0.778. The van der Waals surface area contributed by atoms with Crippen molar-refractivity contribution in [1.29, 1.82) is 0 Å². The van der Waals surface area contributed by atoms with E-state index in [4.69, 9.17) is 0 Å². The molecule has 0 aliphatic heterocycles. The van der Waals surface area contributed by atoms with Gasteiger partial charge < -0.3 is 0 Å². The lowest BCUT2D eigenvalue weighted by Gasteiger charge is -2.06. The number of pyridine rings is 1. The van der Waals surface area contributed by atoms with E-state index >= 15 is 0 Å². The van der Waals surface area contributed by atoms with Gasteiger partial charge in [-0.2, -0.15) is 0 Å². The Kier molecular flexibility index (Phi) is 1.77. The molecule has 0 saturated heterocycles. The molecule has 0 radical (unpaired) electrons. The highest BCUT2D eigenvalue weighted by Crippen LogP contribution is 2.57. The molecule has 84 valence electrons. The molecule has 17 heavy (non-hydrogen) atoms. The standard InChI is InChI=1S/C16H15N/c1-10-15-7-13(8-16(10)15)12-3-2-11-4-5-17-9-14(11)6-12/h2-7,9-10,15-16H,8H2,1H3. The third-order valence-electron chi connectivity index (χ3n) is 4.50. The van der Waals surface area contributed by atoms with Gasteiger partial charge in [0.05, 0.1) is 0 Å². The van der Waals surface area contributed by atoms with Gasteiger partial charge >= 0.3 is 0 Å². The van der Waals surface area contributed by atoms with Crippen LogP contribution in [0.3, 0.4) is 0 Å². The first kappa shape index (κ1) is 9.41. The van der Waals surface area contributed by atoms with E-state index in [0.29, 0.717) is 0 Å². The van der Waals surface area contributed by atoms with Crippen LogP contribution in [0.4, 0.5) is 0 Å². The minimum Gasteiger partial charge on any atom is -0.264 e. The van der Waals surface area contributed by atoms with Crippen molar-refractivity contribution < 1.29 is 0 Å². The van der Waals surface area contributed by atoms with Gasteiger partial charge in [0, 0.05) is 17.8 Å². The van der Waals surface area contributed by atoms with Gasteiger partial charge in [0.15, 0.2) is 0 Å². The smallest absolute Gasteiger partial charge is 0.0346 e. The third-order valence-corrected chi connectivity index (χ3v) is 4.50. The molecule has 0 N–H and O–H groups in total.